The molecule has 1 fully saturated rings. The van der Waals surface area contributed by atoms with Crippen LogP contribution in [-0.4, -0.2) is 55.1 Å². The second kappa shape index (κ2) is 6.87. The van der Waals surface area contributed by atoms with E-state index in [-0.39, 0.29) is 0 Å². The third-order valence-electron chi connectivity index (χ3n) is 3.93. The van der Waals surface area contributed by atoms with Crippen molar-refractivity contribution in [3.8, 4) is 5.88 Å². The quantitative estimate of drug-likeness (QED) is 0.831. The van der Waals surface area contributed by atoms with Crippen molar-refractivity contribution < 1.29 is 4.74 Å². The zero-order valence-electron chi connectivity index (χ0n) is 12.3. The SMILES string of the molecule is COc1ccc(CN2CCC[C@@H](N(C)C)CC2)cn1. The molecule has 4 nitrogen and oxygen atoms in total. The highest BCUT2D eigenvalue weighted by molar-refractivity contribution is 5.17. The predicted molar refractivity (Wildman–Crippen MR) is 77.4 cm³/mol. The summed E-state index contributed by atoms with van der Waals surface area (Å²) >= 11 is 0. The Morgan fingerprint density at radius 3 is 2.79 bits per heavy atom. The molecule has 1 aliphatic heterocycles. The number of likely N-dealkylation sites (tertiary alicyclic amines) is 1. The molecule has 0 radical (unpaired) electrons. The maximum atomic E-state index is 5.09. The summed E-state index contributed by atoms with van der Waals surface area (Å²) in [5.41, 5.74) is 1.27. The maximum Gasteiger partial charge on any atom is 0.212 e. The van der Waals surface area contributed by atoms with Gasteiger partial charge in [-0.2, -0.15) is 0 Å². The van der Waals surface area contributed by atoms with E-state index in [1.54, 1.807) is 7.11 Å². The molecule has 1 aromatic heterocycles. The van der Waals surface area contributed by atoms with Crippen LogP contribution in [0.1, 0.15) is 24.8 Å². The minimum atomic E-state index is 0.687. The molecule has 0 amide bonds. The van der Waals surface area contributed by atoms with Crippen LogP contribution in [0.3, 0.4) is 0 Å². The molecule has 0 bridgehead atoms. The van der Waals surface area contributed by atoms with E-state index in [4.69, 9.17) is 4.74 Å². The molecule has 1 aromatic rings. The lowest BCUT2D eigenvalue weighted by Gasteiger charge is -2.23. The number of rotatable bonds is 4. The van der Waals surface area contributed by atoms with E-state index >= 15 is 0 Å². The highest BCUT2D eigenvalue weighted by Crippen LogP contribution is 2.17. The van der Waals surface area contributed by atoms with Crippen molar-refractivity contribution >= 4 is 0 Å². The molecule has 106 valence electrons. The second-order valence-corrected chi connectivity index (χ2v) is 5.53. The maximum absolute atomic E-state index is 5.09. The van der Waals surface area contributed by atoms with Gasteiger partial charge in [0.2, 0.25) is 5.88 Å². The number of hydrogen-bond donors (Lipinski definition) is 0. The topological polar surface area (TPSA) is 28.6 Å². The molecular formula is C15H25N3O. The van der Waals surface area contributed by atoms with Crippen molar-refractivity contribution in [1.82, 2.24) is 14.8 Å². The Balaban J connectivity index is 1.88. The predicted octanol–water partition coefficient (Wildman–Crippen LogP) is 2.01. The summed E-state index contributed by atoms with van der Waals surface area (Å²) in [6, 6.07) is 4.79. The standard InChI is InChI=1S/C15H25N3O/c1-17(2)14-5-4-9-18(10-8-14)12-13-6-7-15(19-3)16-11-13/h6-7,11,14H,4-5,8-10,12H2,1-3H3/t14-/m1/s1. The Morgan fingerprint density at radius 2 is 2.16 bits per heavy atom. The number of hydrogen-bond acceptors (Lipinski definition) is 4. The van der Waals surface area contributed by atoms with E-state index in [0.29, 0.717) is 5.88 Å². The first kappa shape index (κ1) is 14.3. The van der Waals surface area contributed by atoms with Crippen LogP contribution in [0.25, 0.3) is 0 Å². The molecule has 0 unspecified atom stereocenters. The summed E-state index contributed by atoms with van der Waals surface area (Å²) in [6.07, 6.45) is 5.78. The molecular weight excluding hydrogens is 238 g/mol. The van der Waals surface area contributed by atoms with E-state index in [0.717, 1.165) is 12.6 Å². The fourth-order valence-electron chi connectivity index (χ4n) is 2.70. The third-order valence-corrected chi connectivity index (χ3v) is 3.93. The number of ether oxygens (including phenoxy) is 1. The van der Waals surface area contributed by atoms with E-state index in [2.05, 4.69) is 34.9 Å². The third kappa shape index (κ3) is 4.18. The summed E-state index contributed by atoms with van der Waals surface area (Å²) in [6.45, 7) is 3.36. The van der Waals surface area contributed by atoms with Crippen molar-refractivity contribution in [2.45, 2.75) is 31.8 Å². The summed E-state index contributed by atoms with van der Waals surface area (Å²) in [7, 11) is 6.03. The van der Waals surface area contributed by atoms with Crippen molar-refractivity contribution in [2.75, 3.05) is 34.3 Å². The zero-order valence-corrected chi connectivity index (χ0v) is 12.3. The first-order valence-electron chi connectivity index (χ1n) is 7.06. The second-order valence-electron chi connectivity index (χ2n) is 5.53. The van der Waals surface area contributed by atoms with E-state index in [1.165, 1.54) is 37.9 Å². The number of pyridine rings is 1. The Hall–Kier alpha value is -1.13. The molecule has 0 aromatic carbocycles. The molecule has 2 rings (SSSR count). The van der Waals surface area contributed by atoms with Gasteiger partial charge in [-0.15, -0.1) is 0 Å². The largest absolute Gasteiger partial charge is 0.481 e. The van der Waals surface area contributed by atoms with E-state index < -0.39 is 0 Å². The van der Waals surface area contributed by atoms with Gasteiger partial charge in [0.15, 0.2) is 0 Å². The van der Waals surface area contributed by atoms with Crippen LogP contribution >= 0.6 is 0 Å². The zero-order chi connectivity index (χ0) is 13.7. The molecule has 0 N–H and O–H groups in total. The van der Waals surface area contributed by atoms with Crippen LogP contribution < -0.4 is 4.74 Å². The fourth-order valence-corrected chi connectivity index (χ4v) is 2.70. The highest BCUT2D eigenvalue weighted by Gasteiger charge is 2.18. The monoisotopic (exact) mass is 263 g/mol. The number of aromatic nitrogens is 1. The first-order valence-corrected chi connectivity index (χ1v) is 7.06. The van der Waals surface area contributed by atoms with Gasteiger partial charge in [-0.05, 0) is 52.0 Å². The first-order chi connectivity index (χ1) is 9.19. The summed E-state index contributed by atoms with van der Waals surface area (Å²) in [5.74, 6) is 0.687. The van der Waals surface area contributed by atoms with Gasteiger partial charge in [-0.3, -0.25) is 4.90 Å². The van der Waals surface area contributed by atoms with Gasteiger partial charge in [0.25, 0.3) is 0 Å². The van der Waals surface area contributed by atoms with Crippen LogP contribution in [0, 0.1) is 0 Å². The van der Waals surface area contributed by atoms with Gasteiger partial charge >= 0.3 is 0 Å². The van der Waals surface area contributed by atoms with Crippen LogP contribution in [0.15, 0.2) is 18.3 Å². The molecule has 19 heavy (non-hydrogen) atoms. The lowest BCUT2D eigenvalue weighted by Crippen LogP contribution is -2.29. The minimum absolute atomic E-state index is 0.687. The van der Waals surface area contributed by atoms with E-state index in [9.17, 15) is 0 Å². The summed E-state index contributed by atoms with van der Waals surface area (Å²) < 4.78 is 5.09. The number of methoxy groups -OCH3 is 1. The molecule has 0 saturated carbocycles. The Labute approximate surface area is 116 Å². The van der Waals surface area contributed by atoms with Crippen LogP contribution in [-0.2, 0) is 6.54 Å². The molecule has 1 atom stereocenters. The smallest absolute Gasteiger partial charge is 0.212 e. The average molecular weight is 263 g/mol. The normalized spacial score (nSPS) is 21.4. The van der Waals surface area contributed by atoms with E-state index in [1.807, 2.05) is 12.3 Å². The Morgan fingerprint density at radius 1 is 1.32 bits per heavy atom. The fraction of sp³-hybridized carbons (Fsp3) is 0.667. The molecule has 2 heterocycles. The average Bonchev–Trinajstić information content (AvgIpc) is 2.65. The molecule has 4 heteroatoms. The summed E-state index contributed by atoms with van der Waals surface area (Å²) in [4.78, 5) is 9.17. The van der Waals surface area contributed by atoms with Gasteiger partial charge in [-0.25, -0.2) is 4.98 Å². The van der Waals surface area contributed by atoms with Gasteiger partial charge in [0, 0.05) is 24.8 Å². The molecule has 1 saturated heterocycles. The van der Waals surface area contributed by atoms with Crippen molar-refractivity contribution in [3.63, 3.8) is 0 Å². The lowest BCUT2D eigenvalue weighted by molar-refractivity contribution is 0.245. The van der Waals surface area contributed by atoms with Crippen LogP contribution in [0.2, 0.25) is 0 Å². The van der Waals surface area contributed by atoms with Crippen molar-refractivity contribution in [3.05, 3.63) is 23.9 Å². The highest BCUT2D eigenvalue weighted by atomic mass is 16.5. The minimum Gasteiger partial charge on any atom is -0.481 e. The lowest BCUT2D eigenvalue weighted by atomic mass is 10.1. The van der Waals surface area contributed by atoms with Gasteiger partial charge in [0.1, 0.15) is 0 Å². The van der Waals surface area contributed by atoms with Crippen LogP contribution in [0.4, 0.5) is 0 Å². The van der Waals surface area contributed by atoms with Gasteiger partial charge < -0.3 is 9.64 Å². The molecule has 1 aliphatic rings. The van der Waals surface area contributed by atoms with Crippen molar-refractivity contribution in [2.24, 2.45) is 0 Å². The Kier molecular flexibility index (Phi) is 5.16. The molecule has 0 aliphatic carbocycles. The van der Waals surface area contributed by atoms with Gasteiger partial charge in [0.05, 0.1) is 7.11 Å². The van der Waals surface area contributed by atoms with Crippen LogP contribution in [0.5, 0.6) is 5.88 Å². The molecule has 0 spiro atoms. The summed E-state index contributed by atoms with van der Waals surface area (Å²) in [5, 5.41) is 0. The number of nitrogens with zero attached hydrogens (tertiary/aromatic N) is 3. The van der Waals surface area contributed by atoms with Crippen molar-refractivity contribution in [1.29, 1.82) is 0 Å². The van der Waals surface area contributed by atoms with Gasteiger partial charge in [-0.1, -0.05) is 6.07 Å². The Bertz CT molecular complexity index is 377.